The van der Waals surface area contributed by atoms with Crippen molar-refractivity contribution in [3.63, 3.8) is 0 Å². The van der Waals surface area contributed by atoms with E-state index in [4.69, 9.17) is 4.74 Å². The number of nitrogens with one attached hydrogen (secondary N) is 1. The summed E-state index contributed by atoms with van der Waals surface area (Å²) < 4.78 is 5.55. The van der Waals surface area contributed by atoms with Crippen LogP contribution in [0.5, 0.6) is 11.5 Å². The summed E-state index contributed by atoms with van der Waals surface area (Å²) in [6.45, 7) is 3.74. The lowest BCUT2D eigenvalue weighted by atomic mass is 10.1. The predicted octanol–water partition coefficient (Wildman–Crippen LogP) is 1.37. The number of hydrogen-bond acceptors (Lipinski definition) is 4. The van der Waals surface area contributed by atoms with Crippen molar-refractivity contribution < 1.29 is 9.84 Å². The summed E-state index contributed by atoms with van der Waals surface area (Å²) in [4.78, 5) is 2.18. The average molecular weight is 236 g/mol. The quantitative estimate of drug-likeness (QED) is 0.828. The standard InChI is InChI=1S/C13H20N2O2/c1-9(15(2)3)7-14-12-8-17-13-6-10(16)4-5-11(12)13/h4-6,9,12,14,16H,7-8H2,1-3H3. The molecule has 0 radical (unpaired) electrons. The van der Waals surface area contributed by atoms with Gasteiger partial charge in [-0.3, -0.25) is 0 Å². The normalized spacial score (nSPS) is 20.1. The van der Waals surface area contributed by atoms with Crippen molar-refractivity contribution in [3.8, 4) is 11.5 Å². The van der Waals surface area contributed by atoms with Gasteiger partial charge < -0.3 is 20.1 Å². The van der Waals surface area contributed by atoms with E-state index in [1.54, 1.807) is 12.1 Å². The number of ether oxygens (including phenoxy) is 1. The molecule has 0 spiro atoms. The summed E-state index contributed by atoms with van der Waals surface area (Å²) in [6.07, 6.45) is 0. The Bertz CT molecular complexity index is 393. The number of nitrogens with zero attached hydrogens (tertiary/aromatic N) is 1. The topological polar surface area (TPSA) is 44.7 Å². The molecule has 0 saturated carbocycles. The van der Waals surface area contributed by atoms with Gasteiger partial charge in [-0.2, -0.15) is 0 Å². The molecule has 2 rings (SSSR count). The number of fused-ring (bicyclic) bond motifs is 1. The Labute approximate surface area is 102 Å². The highest BCUT2D eigenvalue weighted by atomic mass is 16.5. The van der Waals surface area contributed by atoms with Crippen molar-refractivity contribution in [2.75, 3.05) is 27.2 Å². The highest BCUT2D eigenvalue weighted by Gasteiger charge is 2.24. The third kappa shape index (κ3) is 2.70. The van der Waals surface area contributed by atoms with Gasteiger partial charge in [-0.25, -0.2) is 0 Å². The van der Waals surface area contributed by atoms with Crippen molar-refractivity contribution >= 4 is 0 Å². The first-order valence-corrected chi connectivity index (χ1v) is 5.93. The molecule has 0 aliphatic carbocycles. The van der Waals surface area contributed by atoms with Gasteiger partial charge in [0.25, 0.3) is 0 Å². The summed E-state index contributed by atoms with van der Waals surface area (Å²) in [7, 11) is 4.15. The third-order valence-corrected chi connectivity index (χ3v) is 3.32. The highest BCUT2D eigenvalue weighted by molar-refractivity contribution is 5.44. The van der Waals surface area contributed by atoms with E-state index >= 15 is 0 Å². The summed E-state index contributed by atoms with van der Waals surface area (Å²) in [5.74, 6) is 1.05. The molecule has 0 amide bonds. The first-order valence-electron chi connectivity index (χ1n) is 5.93. The van der Waals surface area contributed by atoms with Crippen LogP contribution in [0.1, 0.15) is 18.5 Å². The number of hydrogen-bond donors (Lipinski definition) is 2. The van der Waals surface area contributed by atoms with Crippen LogP contribution in [-0.2, 0) is 0 Å². The number of phenolic OH excluding ortho intramolecular Hbond substituents is 1. The van der Waals surface area contributed by atoms with Gasteiger partial charge in [-0.15, -0.1) is 0 Å². The summed E-state index contributed by atoms with van der Waals surface area (Å²) in [5.41, 5.74) is 1.13. The van der Waals surface area contributed by atoms with Crippen molar-refractivity contribution in [2.24, 2.45) is 0 Å². The van der Waals surface area contributed by atoms with E-state index in [1.165, 1.54) is 0 Å². The van der Waals surface area contributed by atoms with Gasteiger partial charge in [0.05, 0.1) is 6.04 Å². The molecule has 2 N–H and O–H groups in total. The Hall–Kier alpha value is -1.26. The van der Waals surface area contributed by atoms with Gasteiger partial charge >= 0.3 is 0 Å². The van der Waals surface area contributed by atoms with Crippen LogP contribution in [0.3, 0.4) is 0 Å². The Morgan fingerprint density at radius 1 is 1.53 bits per heavy atom. The number of benzene rings is 1. The van der Waals surface area contributed by atoms with E-state index in [0.717, 1.165) is 17.9 Å². The molecule has 0 fully saturated rings. The van der Waals surface area contributed by atoms with Crippen LogP contribution >= 0.6 is 0 Å². The van der Waals surface area contributed by atoms with Gasteiger partial charge in [-0.1, -0.05) is 0 Å². The largest absolute Gasteiger partial charge is 0.508 e. The minimum Gasteiger partial charge on any atom is -0.508 e. The molecule has 1 aromatic rings. The van der Waals surface area contributed by atoms with E-state index in [1.807, 2.05) is 6.07 Å². The Balaban J connectivity index is 1.98. The first-order chi connectivity index (χ1) is 8.08. The molecular formula is C13H20N2O2. The molecule has 1 aromatic carbocycles. The molecule has 2 unspecified atom stereocenters. The van der Waals surface area contributed by atoms with E-state index in [0.29, 0.717) is 12.6 Å². The maximum Gasteiger partial charge on any atom is 0.127 e. The molecule has 17 heavy (non-hydrogen) atoms. The minimum atomic E-state index is 0.230. The second kappa shape index (κ2) is 4.94. The van der Waals surface area contributed by atoms with Gasteiger partial charge in [0.2, 0.25) is 0 Å². The number of likely N-dealkylation sites (N-methyl/N-ethyl adjacent to an activating group) is 1. The molecule has 94 valence electrons. The number of aromatic hydroxyl groups is 1. The van der Waals surface area contributed by atoms with Crippen LogP contribution in [-0.4, -0.2) is 43.3 Å². The second-order valence-corrected chi connectivity index (χ2v) is 4.81. The first kappa shape index (κ1) is 12.2. The van der Waals surface area contributed by atoms with Crippen molar-refractivity contribution in [1.82, 2.24) is 10.2 Å². The molecule has 1 aliphatic heterocycles. The Morgan fingerprint density at radius 2 is 2.29 bits per heavy atom. The zero-order valence-electron chi connectivity index (χ0n) is 10.6. The summed E-state index contributed by atoms with van der Waals surface area (Å²) in [5, 5.41) is 12.9. The molecule has 1 aliphatic rings. The fourth-order valence-corrected chi connectivity index (χ4v) is 1.86. The zero-order valence-corrected chi connectivity index (χ0v) is 10.6. The Kier molecular flexibility index (Phi) is 3.54. The van der Waals surface area contributed by atoms with E-state index < -0.39 is 0 Å². The lowest BCUT2D eigenvalue weighted by molar-refractivity contribution is 0.270. The molecule has 2 atom stereocenters. The van der Waals surface area contributed by atoms with Crippen LogP contribution in [0.4, 0.5) is 0 Å². The van der Waals surface area contributed by atoms with Crippen molar-refractivity contribution in [3.05, 3.63) is 23.8 Å². The van der Waals surface area contributed by atoms with Crippen molar-refractivity contribution in [1.29, 1.82) is 0 Å². The fraction of sp³-hybridized carbons (Fsp3) is 0.538. The second-order valence-electron chi connectivity index (χ2n) is 4.81. The average Bonchev–Trinajstić information content (AvgIpc) is 2.67. The number of phenols is 1. The van der Waals surface area contributed by atoms with Crippen LogP contribution in [0, 0.1) is 0 Å². The molecule has 0 aromatic heterocycles. The summed E-state index contributed by atoms with van der Waals surface area (Å²) in [6, 6.07) is 6.02. The third-order valence-electron chi connectivity index (χ3n) is 3.32. The molecular weight excluding hydrogens is 216 g/mol. The van der Waals surface area contributed by atoms with Crippen LogP contribution in [0.2, 0.25) is 0 Å². The fourth-order valence-electron chi connectivity index (χ4n) is 1.86. The van der Waals surface area contributed by atoms with Crippen LogP contribution in [0.25, 0.3) is 0 Å². The lowest BCUT2D eigenvalue weighted by Crippen LogP contribution is -2.37. The van der Waals surface area contributed by atoms with Crippen LogP contribution in [0.15, 0.2) is 18.2 Å². The lowest BCUT2D eigenvalue weighted by Gasteiger charge is -2.22. The van der Waals surface area contributed by atoms with Gasteiger partial charge in [0.1, 0.15) is 18.1 Å². The molecule has 4 heteroatoms. The van der Waals surface area contributed by atoms with Crippen LogP contribution < -0.4 is 10.1 Å². The van der Waals surface area contributed by atoms with E-state index in [-0.39, 0.29) is 11.8 Å². The summed E-state index contributed by atoms with van der Waals surface area (Å²) >= 11 is 0. The molecule has 1 heterocycles. The van der Waals surface area contributed by atoms with Gasteiger partial charge in [-0.05, 0) is 33.2 Å². The van der Waals surface area contributed by atoms with E-state index in [9.17, 15) is 5.11 Å². The highest BCUT2D eigenvalue weighted by Crippen LogP contribution is 2.34. The minimum absolute atomic E-state index is 0.230. The van der Waals surface area contributed by atoms with Gasteiger partial charge in [0.15, 0.2) is 0 Å². The number of rotatable bonds is 4. The predicted molar refractivity (Wildman–Crippen MR) is 67.5 cm³/mol. The smallest absolute Gasteiger partial charge is 0.127 e. The SMILES string of the molecule is CC(CNC1COc2cc(O)ccc21)N(C)C. The van der Waals surface area contributed by atoms with E-state index in [2.05, 4.69) is 31.2 Å². The van der Waals surface area contributed by atoms with Gasteiger partial charge in [0, 0.05) is 24.2 Å². The maximum absolute atomic E-state index is 9.37. The van der Waals surface area contributed by atoms with Crippen molar-refractivity contribution in [2.45, 2.75) is 19.0 Å². The Morgan fingerprint density at radius 3 is 3.00 bits per heavy atom. The molecule has 4 nitrogen and oxygen atoms in total. The molecule has 0 bridgehead atoms. The molecule has 0 saturated heterocycles. The maximum atomic E-state index is 9.37. The zero-order chi connectivity index (χ0) is 12.4. The monoisotopic (exact) mass is 236 g/mol.